The monoisotopic (exact) mass is 619 g/mol. The van der Waals surface area contributed by atoms with Gasteiger partial charge in [-0.2, -0.15) is 0 Å². The third-order valence-corrected chi connectivity index (χ3v) is 8.17. The molecule has 9 heteroatoms. The number of hydrogen-bond donors (Lipinski definition) is 3. The van der Waals surface area contributed by atoms with Crippen LogP contribution in [0.15, 0.2) is 60.7 Å². The summed E-state index contributed by atoms with van der Waals surface area (Å²) in [6, 6.07) is 15.3. The number of aromatic hydroxyl groups is 1. The second-order valence-electron chi connectivity index (χ2n) is 12.7. The Bertz CT molecular complexity index is 1490. The minimum absolute atomic E-state index is 0.0896. The highest BCUT2D eigenvalue weighted by molar-refractivity contribution is 6.34. The molecule has 4 atom stereocenters. The summed E-state index contributed by atoms with van der Waals surface area (Å²) >= 11 is 6.51. The zero-order valence-corrected chi connectivity index (χ0v) is 27.2. The molecule has 0 bridgehead atoms. The molecule has 4 unspecified atom stereocenters. The highest BCUT2D eigenvalue weighted by atomic mass is 35.5. The van der Waals surface area contributed by atoms with Crippen molar-refractivity contribution in [2.75, 3.05) is 5.32 Å². The fourth-order valence-electron chi connectivity index (χ4n) is 5.51. The summed E-state index contributed by atoms with van der Waals surface area (Å²) in [5, 5.41) is 16.0. The SMILES string of the molecule is Cc1cccc(Cl)c1NC(=O)C(c1c(C)cccc1C)N(C(=O)C(Cc1ccc(O)cc1)NC(=O)OC(C)(C)C)C1CC1C. The van der Waals surface area contributed by atoms with E-state index in [0.717, 1.165) is 27.8 Å². The summed E-state index contributed by atoms with van der Waals surface area (Å²) in [4.78, 5) is 43.9. The molecule has 3 aromatic rings. The standard InChI is InChI=1S/C35H42ClN3O5/c1-20-10-8-11-21(2)29(20)31(32(41)38-30-22(3)12-9-13-26(30)36)39(28-18-23(28)4)33(42)27(37-34(43)44-35(5,6)7)19-24-14-16-25(40)17-15-24/h8-17,23,27-28,31,40H,18-19H2,1-7H3,(H,37,43)(H,38,41). The van der Waals surface area contributed by atoms with E-state index in [1.807, 2.05) is 58.0 Å². The zero-order chi connectivity index (χ0) is 32.3. The molecular formula is C35H42ClN3O5. The Morgan fingerprint density at radius 1 is 0.977 bits per heavy atom. The molecule has 1 fully saturated rings. The topological polar surface area (TPSA) is 108 Å². The van der Waals surface area contributed by atoms with Gasteiger partial charge in [0.1, 0.15) is 23.4 Å². The van der Waals surface area contributed by atoms with Crippen LogP contribution in [0.1, 0.15) is 68.0 Å². The normalized spacial score (nSPS) is 17.3. The number of aryl methyl sites for hydroxylation is 3. The fourth-order valence-corrected chi connectivity index (χ4v) is 5.78. The fraction of sp³-hybridized carbons (Fsp3) is 0.400. The van der Waals surface area contributed by atoms with Crippen LogP contribution in [-0.2, 0) is 20.7 Å². The van der Waals surface area contributed by atoms with E-state index in [1.54, 1.807) is 43.9 Å². The number of carbonyl (C=O) groups is 3. The molecule has 3 amide bonds. The Labute approximate surface area is 264 Å². The molecule has 1 saturated carbocycles. The van der Waals surface area contributed by atoms with Crippen molar-refractivity contribution in [2.24, 2.45) is 5.92 Å². The van der Waals surface area contributed by atoms with Crippen LogP contribution in [0.5, 0.6) is 5.75 Å². The lowest BCUT2D eigenvalue weighted by Gasteiger charge is -2.36. The molecule has 0 aromatic heterocycles. The van der Waals surface area contributed by atoms with Gasteiger partial charge in [0.15, 0.2) is 0 Å². The van der Waals surface area contributed by atoms with Crippen molar-refractivity contribution in [1.82, 2.24) is 10.2 Å². The number of phenols is 1. The lowest BCUT2D eigenvalue weighted by atomic mass is 9.92. The lowest BCUT2D eigenvalue weighted by Crippen LogP contribution is -2.54. The Hall–Kier alpha value is -4.04. The third-order valence-electron chi connectivity index (χ3n) is 7.86. The van der Waals surface area contributed by atoms with Crippen molar-refractivity contribution in [3.63, 3.8) is 0 Å². The Morgan fingerprint density at radius 2 is 1.55 bits per heavy atom. The smallest absolute Gasteiger partial charge is 0.408 e. The van der Waals surface area contributed by atoms with E-state index in [-0.39, 0.29) is 24.1 Å². The summed E-state index contributed by atoms with van der Waals surface area (Å²) < 4.78 is 5.53. The van der Waals surface area contributed by atoms with Gasteiger partial charge >= 0.3 is 6.09 Å². The van der Waals surface area contributed by atoms with Crippen LogP contribution in [0.3, 0.4) is 0 Å². The number of anilines is 1. The Kier molecular flexibility index (Phi) is 9.94. The van der Waals surface area contributed by atoms with Crippen LogP contribution in [-0.4, -0.2) is 45.6 Å². The molecule has 4 rings (SSSR count). The number of alkyl carbamates (subject to hydrolysis) is 1. The van der Waals surface area contributed by atoms with Crippen molar-refractivity contribution >= 4 is 35.2 Å². The molecule has 0 saturated heterocycles. The van der Waals surface area contributed by atoms with Gasteiger partial charge in [0.25, 0.3) is 5.91 Å². The maximum absolute atomic E-state index is 14.8. The number of halogens is 1. The Balaban J connectivity index is 1.81. The summed E-state index contributed by atoms with van der Waals surface area (Å²) in [5.41, 5.74) is 3.67. The number of nitrogens with zero attached hydrogens (tertiary/aromatic N) is 1. The van der Waals surface area contributed by atoms with Crippen molar-refractivity contribution < 1.29 is 24.2 Å². The van der Waals surface area contributed by atoms with Gasteiger partial charge in [-0.1, -0.05) is 61.0 Å². The molecule has 3 N–H and O–H groups in total. The van der Waals surface area contributed by atoms with E-state index in [9.17, 15) is 19.5 Å². The van der Waals surface area contributed by atoms with Gasteiger partial charge in [-0.05, 0) is 99.9 Å². The summed E-state index contributed by atoms with van der Waals surface area (Å²) in [5.74, 6) is -0.563. The number of phenolic OH excluding ortho intramolecular Hbond substituents is 1. The maximum Gasteiger partial charge on any atom is 0.408 e. The van der Waals surface area contributed by atoms with E-state index in [4.69, 9.17) is 16.3 Å². The summed E-state index contributed by atoms with van der Waals surface area (Å²) in [6.45, 7) is 13.0. The van der Waals surface area contributed by atoms with Gasteiger partial charge in [-0.25, -0.2) is 4.79 Å². The molecule has 0 radical (unpaired) electrons. The van der Waals surface area contributed by atoms with Crippen LogP contribution < -0.4 is 10.6 Å². The first kappa shape index (κ1) is 32.9. The average molecular weight is 620 g/mol. The average Bonchev–Trinajstić information content (AvgIpc) is 3.65. The number of ether oxygens (including phenoxy) is 1. The predicted molar refractivity (Wildman–Crippen MR) is 173 cm³/mol. The number of amides is 3. The number of carbonyl (C=O) groups excluding carboxylic acids is 3. The first-order chi connectivity index (χ1) is 20.7. The van der Waals surface area contributed by atoms with Crippen molar-refractivity contribution in [3.8, 4) is 5.75 Å². The molecule has 8 nitrogen and oxygen atoms in total. The first-order valence-electron chi connectivity index (χ1n) is 14.9. The van der Waals surface area contributed by atoms with Crippen molar-refractivity contribution in [1.29, 1.82) is 0 Å². The molecule has 44 heavy (non-hydrogen) atoms. The summed E-state index contributed by atoms with van der Waals surface area (Å²) in [6.07, 6.45) is 0.100. The molecule has 234 valence electrons. The predicted octanol–water partition coefficient (Wildman–Crippen LogP) is 7.02. The molecule has 1 aliphatic rings. The number of nitrogens with one attached hydrogen (secondary N) is 2. The van der Waals surface area contributed by atoms with E-state index < -0.39 is 35.6 Å². The number of para-hydroxylation sites is 1. The van der Waals surface area contributed by atoms with Crippen LogP contribution >= 0.6 is 11.6 Å². The molecule has 1 aliphatic carbocycles. The minimum Gasteiger partial charge on any atom is -0.508 e. The molecule has 3 aromatic carbocycles. The molecule has 0 heterocycles. The van der Waals surface area contributed by atoms with Crippen LogP contribution in [0, 0.1) is 26.7 Å². The quantitative estimate of drug-likeness (QED) is 0.238. The largest absolute Gasteiger partial charge is 0.508 e. The van der Waals surface area contributed by atoms with Gasteiger partial charge < -0.3 is 25.4 Å². The van der Waals surface area contributed by atoms with E-state index in [2.05, 4.69) is 10.6 Å². The van der Waals surface area contributed by atoms with Gasteiger partial charge in [-0.15, -0.1) is 0 Å². The minimum atomic E-state index is -1.05. The number of rotatable bonds is 9. The maximum atomic E-state index is 14.8. The van der Waals surface area contributed by atoms with Crippen LogP contribution in [0.2, 0.25) is 5.02 Å². The van der Waals surface area contributed by atoms with Crippen LogP contribution in [0.25, 0.3) is 0 Å². The summed E-state index contributed by atoms with van der Waals surface area (Å²) in [7, 11) is 0. The number of hydrogen-bond acceptors (Lipinski definition) is 5. The van der Waals surface area contributed by atoms with Gasteiger partial charge in [-0.3, -0.25) is 9.59 Å². The molecule has 0 aliphatic heterocycles. The molecular weight excluding hydrogens is 578 g/mol. The van der Waals surface area contributed by atoms with Crippen molar-refractivity contribution in [3.05, 3.63) is 93.5 Å². The number of benzene rings is 3. The highest BCUT2D eigenvalue weighted by Gasteiger charge is 2.49. The third kappa shape index (κ3) is 7.91. The lowest BCUT2D eigenvalue weighted by molar-refractivity contribution is -0.141. The van der Waals surface area contributed by atoms with E-state index in [1.165, 1.54) is 12.1 Å². The zero-order valence-electron chi connectivity index (χ0n) is 26.4. The van der Waals surface area contributed by atoms with Gasteiger partial charge in [0.05, 0.1) is 10.7 Å². The van der Waals surface area contributed by atoms with E-state index in [0.29, 0.717) is 17.1 Å². The Morgan fingerprint density at radius 3 is 2.09 bits per heavy atom. The first-order valence-corrected chi connectivity index (χ1v) is 15.3. The highest BCUT2D eigenvalue weighted by Crippen LogP contribution is 2.43. The van der Waals surface area contributed by atoms with Gasteiger partial charge in [0, 0.05) is 12.5 Å². The van der Waals surface area contributed by atoms with Crippen LogP contribution in [0.4, 0.5) is 10.5 Å². The molecule has 0 spiro atoms. The van der Waals surface area contributed by atoms with E-state index >= 15 is 0 Å². The second-order valence-corrected chi connectivity index (χ2v) is 13.1. The van der Waals surface area contributed by atoms with Crippen molar-refractivity contribution in [2.45, 2.75) is 85.0 Å². The van der Waals surface area contributed by atoms with Gasteiger partial charge in [0.2, 0.25) is 5.91 Å². The second kappa shape index (κ2) is 13.3.